The summed E-state index contributed by atoms with van der Waals surface area (Å²) < 4.78 is 9.25. The molecular formula is C61H42N2O. The number of para-hydroxylation sites is 3. The predicted octanol–water partition coefficient (Wildman–Crippen LogP) is 17.1. The lowest BCUT2D eigenvalue weighted by molar-refractivity contribution is 0.670. The molecule has 302 valence electrons. The number of aryl methyl sites for hydroxylation is 1. The fraction of sp³-hybridized carbons (Fsp3) is 0.0164. The molecule has 0 atom stereocenters. The Bertz CT molecular complexity index is 3620. The molecule has 12 aromatic rings. The normalized spacial score (nSPS) is 11.5. The molecule has 2 heterocycles. The fourth-order valence-electron chi connectivity index (χ4n) is 9.71. The first-order valence-corrected chi connectivity index (χ1v) is 21.9. The average molecular weight is 819 g/mol. The van der Waals surface area contributed by atoms with Crippen molar-refractivity contribution in [2.45, 2.75) is 6.92 Å². The zero-order valence-electron chi connectivity index (χ0n) is 35.3. The topological polar surface area (TPSA) is 21.3 Å². The van der Waals surface area contributed by atoms with Crippen molar-refractivity contribution in [1.82, 2.24) is 4.57 Å². The summed E-state index contributed by atoms with van der Waals surface area (Å²) in [5, 5.41) is 4.63. The van der Waals surface area contributed by atoms with Gasteiger partial charge in [0.2, 0.25) is 0 Å². The molecule has 2 aromatic heterocycles. The van der Waals surface area contributed by atoms with E-state index in [1.807, 2.05) is 0 Å². The van der Waals surface area contributed by atoms with Crippen LogP contribution in [0.2, 0.25) is 0 Å². The molecule has 0 radical (unpaired) electrons. The number of fused-ring (bicyclic) bond motifs is 6. The second-order valence-electron chi connectivity index (χ2n) is 16.6. The molecule has 3 nitrogen and oxygen atoms in total. The lowest BCUT2D eigenvalue weighted by atomic mass is 9.93. The van der Waals surface area contributed by atoms with E-state index >= 15 is 0 Å². The van der Waals surface area contributed by atoms with Gasteiger partial charge in [-0.1, -0.05) is 170 Å². The third-order valence-electron chi connectivity index (χ3n) is 12.7. The maximum atomic E-state index is 6.86. The van der Waals surface area contributed by atoms with Crippen LogP contribution in [0.15, 0.2) is 241 Å². The van der Waals surface area contributed by atoms with Gasteiger partial charge in [0, 0.05) is 49.9 Å². The highest BCUT2D eigenvalue weighted by Gasteiger charge is 2.23. The SMILES string of the molecule is Cc1cc(-c2ccccc2)ccc1N(c1ccc(-c2ccccc2)c(-c2ccccc2)c1)c1cc(-c2cccc(-n3c4ccccc4c4ccccc43)c2)c2oc3ccccc3c2c1. The molecule has 0 saturated carbocycles. The van der Waals surface area contributed by atoms with Gasteiger partial charge in [0.15, 0.2) is 0 Å². The van der Waals surface area contributed by atoms with E-state index in [2.05, 4.69) is 253 Å². The Morgan fingerprint density at radius 2 is 0.938 bits per heavy atom. The Morgan fingerprint density at radius 1 is 0.359 bits per heavy atom. The van der Waals surface area contributed by atoms with E-state index in [4.69, 9.17) is 4.42 Å². The maximum Gasteiger partial charge on any atom is 0.143 e. The number of benzene rings is 10. The highest BCUT2D eigenvalue weighted by molar-refractivity contribution is 6.12. The minimum absolute atomic E-state index is 0.864. The molecule has 0 spiro atoms. The minimum Gasteiger partial charge on any atom is -0.455 e. The summed E-state index contributed by atoms with van der Waals surface area (Å²) in [6.07, 6.45) is 0. The predicted molar refractivity (Wildman–Crippen MR) is 269 cm³/mol. The van der Waals surface area contributed by atoms with Gasteiger partial charge in [-0.15, -0.1) is 0 Å². The minimum atomic E-state index is 0.864. The second kappa shape index (κ2) is 15.5. The maximum absolute atomic E-state index is 6.86. The van der Waals surface area contributed by atoms with E-state index in [1.165, 1.54) is 55.2 Å². The van der Waals surface area contributed by atoms with Crippen LogP contribution in [-0.4, -0.2) is 4.57 Å². The van der Waals surface area contributed by atoms with Crippen LogP contribution in [0.1, 0.15) is 5.56 Å². The molecule has 10 aromatic carbocycles. The molecule has 0 saturated heterocycles. The number of hydrogen-bond donors (Lipinski definition) is 0. The second-order valence-corrected chi connectivity index (χ2v) is 16.6. The van der Waals surface area contributed by atoms with Gasteiger partial charge < -0.3 is 13.9 Å². The van der Waals surface area contributed by atoms with Crippen molar-refractivity contribution < 1.29 is 4.42 Å². The molecule has 0 aliphatic heterocycles. The standard InChI is InChI=1S/C61H42N2O/c1-41-36-45(42-18-5-2-6-19-42)32-35-57(41)62(48-33-34-50(43-20-7-3-8-21-43)54(38-48)44-22-9-4-10-23-44)49-39-55(61-56(40-49)53-28-13-16-31-60(53)64-61)46-24-17-25-47(37-46)63-58-29-14-11-26-51(58)52-27-12-15-30-59(52)63/h2-40H,1H3. The van der Waals surface area contributed by atoms with Crippen molar-refractivity contribution in [3.05, 3.63) is 242 Å². The number of nitrogens with zero attached hydrogens (tertiary/aromatic N) is 2. The summed E-state index contributed by atoms with van der Waals surface area (Å²) in [5.74, 6) is 0. The summed E-state index contributed by atoms with van der Waals surface area (Å²) in [6, 6.07) is 85.2. The Labute approximate surface area is 372 Å². The van der Waals surface area contributed by atoms with Gasteiger partial charge in [-0.05, 0) is 118 Å². The van der Waals surface area contributed by atoms with E-state index in [1.54, 1.807) is 0 Å². The molecule has 0 amide bonds. The van der Waals surface area contributed by atoms with Gasteiger partial charge in [-0.2, -0.15) is 0 Å². The molecule has 0 aliphatic rings. The van der Waals surface area contributed by atoms with E-state index in [0.717, 1.165) is 61.4 Å². The van der Waals surface area contributed by atoms with Crippen LogP contribution in [0.3, 0.4) is 0 Å². The lowest BCUT2D eigenvalue weighted by Crippen LogP contribution is -2.12. The molecule has 3 heteroatoms. The zero-order chi connectivity index (χ0) is 42.6. The molecular weight excluding hydrogens is 777 g/mol. The molecule has 64 heavy (non-hydrogen) atoms. The summed E-state index contributed by atoms with van der Waals surface area (Å²) in [7, 11) is 0. The van der Waals surface area contributed by atoms with Gasteiger partial charge in [0.05, 0.1) is 11.0 Å². The van der Waals surface area contributed by atoms with Crippen LogP contribution in [0.4, 0.5) is 17.1 Å². The molecule has 0 fully saturated rings. The van der Waals surface area contributed by atoms with Crippen molar-refractivity contribution in [3.63, 3.8) is 0 Å². The van der Waals surface area contributed by atoms with Gasteiger partial charge in [0.1, 0.15) is 11.2 Å². The Hall–Kier alpha value is -8.40. The van der Waals surface area contributed by atoms with Gasteiger partial charge in [0.25, 0.3) is 0 Å². The van der Waals surface area contributed by atoms with Crippen molar-refractivity contribution in [2.75, 3.05) is 4.90 Å². The molecule has 12 rings (SSSR count). The van der Waals surface area contributed by atoms with E-state index in [9.17, 15) is 0 Å². The van der Waals surface area contributed by atoms with Crippen LogP contribution in [0, 0.1) is 6.92 Å². The van der Waals surface area contributed by atoms with Crippen LogP contribution >= 0.6 is 0 Å². The summed E-state index contributed by atoms with van der Waals surface area (Å²) in [6.45, 7) is 2.23. The highest BCUT2D eigenvalue weighted by Crippen LogP contribution is 2.47. The molecule has 0 aliphatic carbocycles. The zero-order valence-corrected chi connectivity index (χ0v) is 35.3. The van der Waals surface area contributed by atoms with Gasteiger partial charge in [-0.3, -0.25) is 0 Å². The first kappa shape index (κ1) is 37.4. The lowest BCUT2D eigenvalue weighted by Gasteiger charge is -2.29. The number of aromatic nitrogens is 1. The first-order valence-electron chi connectivity index (χ1n) is 21.9. The van der Waals surface area contributed by atoms with Gasteiger partial charge >= 0.3 is 0 Å². The Morgan fingerprint density at radius 3 is 1.62 bits per heavy atom. The Kier molecular flexibility index (Phi) is 9.05. The fourth-order valence-corrected chi connectivity index (χ4v) is 9.71. The van der Waals surface area contributed by atoms with Crippen LogP contribution in [0.25, 0.3) is 93.9 Å². The summed E-state index contributed by atoms with van der Waals surface area (Å²) >= 11 is 0. The largest absolute Gasteiger partial charge is 0.455 e. The van der Waals surface area contributed by atoms with Crippen LogP contribution in [0.5, 0.6) is 0 Å². The molecule has 0 N–H and O–H groups in total. The molecule has 0 unspecified atom stereocenters. The smallest absolute Gasteiger partial charge is 0.143 e. The van der Waals surface area contributed by atoms with Crippen molar-refractivity contribution in [2.24, 2.45) is 0 Å². The number of anilines is 3. The average Bonchev–Trinajstić information content (AvgIpc) is 3.91. The Balaban J connectivity index is 1.12. The number of furan rings is 1. The number of rotatable bonds is 8. The first-order chi connectivity index (χ1) is 31.7. The van der Waals surface area contributed by atoms with E-state index in [-0.39, 0.29) is 0 Å². The quantitative estimate of drug-likeness (QED) is 0.152. The molecule has 0 bridgehead atoms. The third kappa shape index (κ3) is 6.37. The number of hydrogen-bond acceptors (Lipinski definition) is 2. The van der Waals surface area contributed by atoms with Crippen molar-refractivity contribution in [1.29, 1.82) is 0 Å². The summed E-state index contributed by atoms with van der Waals surface area (Å²) in [5.41, 5.74) is 18.7. The monoisotopic (exact) mass is 818 g/mol. The summed E-state index contributed by atoms with van der Waals surface area (Å²) in [4.78, 5) is 2.44. The van der Waals surface area contributed by atoms with E-state index < -0.39 is 0 Å². The highest BCUT2D eigenvalue weighted by atomic mass is 16.3. The van der Waals surface area contributed by atoms with Crippen LogP contribution < -0.4 is 4.90 Å². The van der Waals surface area contributed by atoms with Crippen molar-refractivity contribution in [3.8, 4) is 50.2 Å². The third-order valence-corrected chi connectivity index (χ3v) is 12.7. The van der Waals surface area contributed by atoms with Crippen LogP contribution in [-0.2, 0) is 0 Å². The van der Waals surface area contributed by atoms with Crippen molar-refractivity contribution >= 4 is 60.8 Å². The van der Waals surface area contributed by atoms with Gasteiger partial charge in [-0.25, -0.2) is 0 Å². The van der Waals surface area contributed by atoms with E-state index in [0.29, 0.717) is 0 Å².